The fourth-order valence-corrected chi connectivity index (χ4v) is 2.08. The van der Waals surface area contributed by atoms with E-state index in [-0.39, 0.29) is 11.9 Å². The zero-order valence-electron chi connectivity index (χ0n) is 10.5. The maximum absolute atomic E-state index is 11.3. The van der Waals surface area contributed by atoms with Crippen LogP contribution in [0.3, 0.4) is 0 Å². The van der Waals surface area contributed by atoms with Crippen LogP contribution in [0.1, 0.15) is 33.1 Å². The van der Waals surface area contributed by atoms with Crippen LogP contribution in [0.5, 0.6) is 0 Å². The summed E-state index contributed by atoms with van der Waals surface area (Å²) in [5, 5.41) is 3.21. The van der Waals surface area contributed by atoms with E-state index in [0.717, 1.165) is 38.5 Å². The van der Waals surface area contributed by atoms with E-state index in [1.54, 1.807) is 0 Å². The van der Waals surface area contributed by atoms with Crippen molar-refractivity contribution < 1.29 is 4.79 Å². The lowest BCUT2D eigenvalue weighted by Gasteiger charge is -2.32. The Morgan fingerprint density at radius 2 is 2.12 bits per heavy atom. The quantitative estimate of drug-likeness (QED) is 0.697. The maximum atomic E-state index is 11.3. The number of nitrogens with zero attached hydrogens (tertiary/aromatic N) is 1. The first-order valence-corrected chi connectivity index (χ1v) is 6.38. The van der Waals surface area contributed by atoms with Crippen molar-refractivity contribution in [3.8, 4) is 0 Å². The van der Waals surface area contributed by atoms with Crippen molar-refractivity contribution in [1.29, 1.82) is 0 Å². The molecule has 1 aliphatic rings. The first-order valence-electron chi connectivity index (χ1n) is 6.38. The van der Waals surface area contributed by atoms with Gasteiger partial charge >= 0.3 is 0 Å². The first kappa shape index (κ1) is 13.5. The molecule has 0 aliphatic carbocycles. The summed E-state index contributed by atoms with van der Waals surface area (Å²) >= 11 is 0. The molecule has 94 valence electrons. The molecule has 0 saturated carbocycles. The largest absolute Gasteiger partial charge is 0.368 e. The summed E-state index contributed by atoms with van der Waals surface area (Å²) in [6.45, 7) is 8.20. The smallest absolute Gasteiger partial charge is 0.235 e. The van der Waals surface area contributed by atoms with Crippen molar-refractivity contribution >= 4 is 5.91 Å². The number of rotatable bonds is 6. The standard InChI is InChI=1S/C12H25N3O/c1-3-6-14-11(12(13)16)9-15-7-4-10(2)5-8-15/h10-11,14H,3-9H2,1-2H3,(H2,13,16). The molecule has 0 aromatic carbocycles. The van der Waals surface area contributed by atoms with Crippen LogP contribution in [0.2, 0.25) is 0 Å². The van der Waals surface area contributed by atoms with E-state index >= 15 is 0 Å². The predicted octanol–water partition coefficient (Wildman–Crippen LogP) is 0.572. The number of amides is 1. The van der Waals surface area contributed by atoms with E-state index in [0.29, 0.717) is 0 Å². The number of hydrogen-bond donors (Lipinski definition) is 2. The van der Waals surface area contributed by atoms with Crippen LogP contribution in [0, 0.1) is 5.92 Å². The molecule has 1 rings (SSSR count). The summed E-state index contributed by atoms with van der Waals surface area (Å²) in [5.41, 5.74) is 5.39. The van der Waals surface area contributed by atoms with E-state index in [9.17, 15) is 4.79 Å². The molecule has 1 saturated heterocycles. The molecular formula is C12H25N3O. The van der Waals surface area contributed by atoms with Gasteiger partial charge in [0.1, 0.15) is 0 Å². The molecule has 1 fully saturated rings. The highest BCUT2D eigenvalue weighted by Gasteiger charge is 2.21. The number of carbonyl (C=O) groups excluding carboxylic acids is 1. The van der Waals surface area contributed by atoms with Crippen molar-refractivity contribution in [1.82, 2.24) is 10.2 Å². The van der Waals surface area contributed by atoms with Crippen LogP contribution in [-0.4, -0.2) is 43.0 Å². The lowest BCUT2D eigenvalue weighted by atomic mass is 9.99. The maximum Gasteiger partial charge on any atom is 0.235 e. The summed E-state index contributed by atoms with van der Waals surface area (Å²) in [7, 11) is 0. The number of nitrogens with one attached hydrogen (secondary N) is 1. The van der Waals surface area contributed by atoms with Gasteiger partial charge in [-0.05, 0) is 44.8 Å². The predicted molar refractivity (Wildman–Crippen MR) is 66.1 cm³/mol. The lowest BCUT2D eigenvalue weighted by Crippen LogP contribution is -2.50. The fraction of sp³-hybridized carbons (Fsp3) is 0.917. The number of likely N-dealkylation sites (tertiary alicyclic amines) is 1. The summed E-state index contributed by atoms with van der Waals surface area (Å²) < 4.78 is 0. The van der Waals surface area contributed by atoms with Gasteiger partial charge in [-0.2, -0.15) is 0 Å². The molecule has 1 amide bonds. The van der Waals surface area contributed by atoms with Gasteiger partial charge < -0.3 is 16.0 Å². The van der Waals surface area contributed by atoms with Crippen molar-refractivity contribution in [3.05, 3.63) is 0 Å². The van der Waals surface area contributed by atoms with Gasteiger partial charge in [-0.15, -0.1) is 0 Å². The normalized spacial score (nSPS) is 20.9. The minimum absolute atomic E-state index is 0.187. The molecule has 4 heteroatoms. The van der Waals surface area contributed by atoms with Crippen LogP contribution >= 0.6 is 0 Å². The number of carbonyl (C=O) groups is 1. The molecule has 1 heterocycles. The van der Waals surface area contributed by atoms with Gasteiger partial charge in [0.05, 0.1) is 6.04 Å². The van der Waals surface area contributed by atoms with Gasteiger partial charge in [-0.1, -0.05) is 13.8 Å². The minimum atomic E-state index is -0.230. The Morgan fingerprint density at radius 3 is 2.62 bits per heavy atom. The Morgan fingerprint density at radius 1 is 1.50 bits per heavy atom. The first-order chi connectivity index (χ1) is 7.63. The van der Waals surface area contributed by atoms with Crippen LogP contribution in [0.15, 0.2) is 0 Å². The molecule has 0 spiro atoms. The number of piperidine rings is 1. The minimum Gasteiger partial charge on any atom is -0.368 e. The monoisotopic (exact) mass is 227 g/mol. The van der Waals surface area contributed by atoms with E-state index in [1.165, 1.54) is 12.8 Å². The number of primary amides is 1. The Labute approximate surface area is 98.6 Å². The second-order valence-corrected chi connectivity index (χ2v) is 4.89. The summed E-state index contributed by atoms with van der Waals surface area (Å²) in [6, 6.07) is -0.187. The van der Waals surface area contributed by atoms with E-state index in [2.05, 4.69) is 24.1 Å². The van der Waals surface area contributed by atoms with Gasteiger partial charge in [0.25, 0.3) is 0 Å². The van der Waals surface area contributed by atoms with Crippen LogP contribution in [0.25, 0.3) is 0 Å². The van der Waals surface area contributed by atoms with Crippen molar-refractivity contribution in [2.45, 2.75) is 39.2 Å². The Kier molecular flexibility index (Phi) is 5.77. The highest BCUT2D eigenvalue weighted by atomic mass is 16.1. The van der Waals surface area contributed by atoms with Crippen LogP contribution in [-0.2, 0) is 4.79 Å². The molecule has 0 aromatic heterocycles. The van der Waals surface area contributed by atoms with E-state index < -0.39 is 0 Å². The average molecular weight is 227 g/mol. The molecule has 1 atom stereocenters. The van der Waals surface area contributed by atoms with Crippen LogP contribution < -0.4 is 11.1 Å². The molecule has 0 bridgehead atoms. The topological polar surface area (TPSA) is 58.4 Å². The summed E-state index contributed by atoms with van der Waals surface area (Å²) in [6.07, 6.45) is 3.50. The van der Waals surface area contributed by atoms with E-state index in [1.807, 2.05) is 0 Å². The van der Waals surface area contributed by atoms with Crippen molar-refractivity contribution in [2.75, 3.05) is 26.2 Å². The lowest BCUT2D eigenvalue weighted by molar-refractivity contribution is -0.120. The highest BCUT2D eigenvalue weighted by Crippen LogP contribution is 2.15. The summed E-state index contributed by atoms with van der Waals surface area (Å²) in [5.74, 6) is 0.596. The Balaban J connectivity index is 2.33. The molecule has 16 heavy (non-hydrogen) atoms. The molecule has 0 radical (unpaired) electrons. The Hall–Kier alpha value is -0.610. The van der Waals surface area contributed by atoms with Crippen molar-refractivity contribution in [3.63, 3.8) is 0 Å². The second kappa shape index (κ2) is 6.86. The fourth-order valence-electron chi connectivity index (χ4n) is 2.08. The molecule has 3 N–H and O–H groups in total. The average Bonchev–Trinajstić information content (AvgIpc) is 2.26. The number of nitrogens with two attached hydrogens (primary N) is 1. The van der Waals surface area contributed by atoms with Gasteiger partial charge in [0, 0.05) is 6.54 Å². The van der Waals surface area contributed by atoms with Gasteiger partial charge in [-0.25, -0.2) is 0 Å². The highest BCUT2D eigenvalue weighted by molar-refractivity contribution is 5.80. The third-order valence-corrected chi connectivity index (χ3v) is 3.30. The zero-order valence-corrected chi connectivity index (χ0v) is 10.5. The third kappa shape index (κ3) is 4.49. The zero-order chi connectivity index (χ0) is 12.0. The molecule has 4 nitrogen and oxygen atoms in total. The SMILES string of the molecule is CCCNC(CN1CCC(C)CC1)C(N)=O. The summed E-state index contributed by atoms with van der Waals surface area (Å²) in [4.78, 5) is 13.6. The Bertz CT molecular complexity index is 212. The molecule has 1 aliphatic heterocycles. The molecule has 0 aromatic rings. The second-order valence-electron chi connectivity index (χ2n) is 4.89. The number of hydrogen-bond acceptors (Lipinski definition) is 3. The van der Waals surface area contributed by atoms with E-state index in [4.69, 9.17) is 5.73 Å². The third-order valence-electron chi connectivity index (χ3n) is 3.30. The van der Waals surface area contributed by atoms with Gasteiger partial charge in [-0.3, -0.25) is 4.79 Å². The van der Waals surface area contributed by atoms with Gasteiger partial charge in [0.15, 0.2) is 0 Å². The van der Waals surface area contributed by atoms with Crippen molar-refractivity contribution in [2.24, 2.45) is 11.7 Å². The van der Waals surface area contributed by atoms with Crippen LogP contribution in [0.4, 0.5) is 0 Å². The molecular weight excluding hydrogens is 202 g/mol. The van der Waals surface area contributed by atoms with Gasteiger partial charge in [0.2, 0.25) is 5.91 Å². The molecule has 1 unspecified atom stereocenters.